The Balaban J connectivity index is 1.60. The van der Waals surface area contributed by atoms with E-state index in [0.29, 0.717) is 17.0 Å². The van der Waals surface area contributed by atoms with Gasteiger partial charge in [0, 0.05) is 24.2 Å². The second-order valence-corrected chi connectivity index (χ2v) is 9.54. The Bertz CT molecular complexity index is 1700. The number of hydrogen-bond acceptors (Lipinski definition) is 5. The lowest BCUT2D eigenvalue weighted by Gasteiger charge is -2.14. The summed E-state index contributed by atoms with van der Waals surface area (Å²) < 4.78 is 74.4. The first-order chi connectivity index (χ1) is 16.7. The summed E-state index contributed by atoms with van der Waals surface area (Å²) in [4.78, 5) is 14.7. The van der Waals surface area contributed by atoms with E-state index in [1.54, 1.807) is 6.20 Å². The van der Waals surface area contributed by atoms with Crippen LogP contribution in [0.2, 0.25) is 5.02 Å². The first-order valence-electron chi connectivity index (χ1n) is 9.96. The fourth-order valence-electron chi connectivity index (χ4n) is 3.64. The molecule has 0 amide bonds. The fourth-order valence-corrected chi connectivity index (χ4v) is 5.14. The number of nitrogens with one attached hydrogen (secondary N) is 2. The van der Waals surface area contributed by atoms with Crippen molar-refractivity contribution in [3.63, 3.8) is 0 Å². The highest BCUT2D eigenvalue weighted by Gasteiger charge is 2.25. The van der Waals surface area contributed by atoms with Gasteiger partial charge in [-0.05, 0) is 37.3 Å². The summed E-state index contributed by atoms with van der Waals surface area (Å²) in [5.74, 6) is -3.00. The maximum Gasteiger partial charge on any atom is 0.263 e. The molecule has 0 aliphatic rings. The Labute approximate surface area is 201 Å². The first kappa shape index (κ1) is 22.9. The number of halogens is 4. The second kappa shape index (κ2) is 8.40. The van der Waals surface area contributed by atoms with Crippen molar-refractivity contribution in [2.24, 2.45) is 0 Å². The summed E-state index contributed by atoms with van der Waals surface area (Å²) in [6, 6.07) is 5.51. The van der Waals surface area contributed by atoms with Gasteiger partial charge >= 0.3 is 0 Å². The zero-order valence-electron chi connectivity index (χ0n) is 17.7. The van der Waals surface area contributed by atoms with Gasteiger partial charge in [-0.1, -0.05) is 11.6 Å². The first-order valence-corrected chi connectivity index (χ1v) is 11.8. The monoisotopic (exact) mass is 518 g/mol. The van der Waals surface area contributed by atoms with E-state index < -0.39 is 44.4 Å². The molecule has 0 aliphatic carbocycles. The number of aromatic nitrogens is 5. The third-order valence-electron chi connectivity index (χ3n) is 5.27. The topological polar surface area (TPSA) is 105 Å². The lowest BCUT2D eigenvalue weighted by atomic mass is 10.0. The van der Waals surface area contributed by atoms with E-state index in [9.17, 15) is 12.8 Å². The number of fused-ring (bicyclic) bond motifs is 1. The number of aromatic amines is 1. The van der Waals surface area contributed by atoms with Crippen LogP contribution >= 0.6 is 11.6 Å². The minimum atomic E-state index is -4.35. The average molecular weight is 519 g/mol. The standard InChI is InChI=1S/C22H14ClF3N6O2S/c1-11-17(8-12(23)9-29-11)35(33,34)31-15-4-3-14(24)18(19(15)25)13-2-5-16-20(22-27-6-7-28-22)30-10-32(16)21(13)26/h2-10,31H,1H3,(H,27,28). The Morgan fingerprint density at radius 2 is 1.89 bits per heavy atom. The molecule has 2 N–H and O–H groups in total. The van der Waals surface area contributed by atoms with Crippen molar-refractivity contribution in [2.75, 3.05) is 4.72 Å². The van der Waals surface area contributed by atoms with Crippen LogP contribution in [-0.2, 0) is 10.0 Å². The summed E-state index contributed by atoms with van der Waals surface area (Å²) in [5, 5.41) is 0.0564. The number of pyridine rings is 2. The van der Waals surface area contributed by atoms with Crippen LogP contribution in [0.15, 0.2) is 60.1 Å². The Kier molecular flexibility index (Phi) is 5.49. The summed E-state index contributed by atoms with van der Waals surface area (Å²) in [6.45, 7) is 1.43. The minimum Gasteiger partial charge on any atom is -0.343 e. The van der Waals surface area contributed by atoms with Crippen molar-refractivity contribution < 1.29 is 21.6 Å². The number of sulfonamides is 1. The predicted molar refractivity (Wildman–Crippen MR) is 123 cm³/mol. The van der Waals surface area contributed by atoms with Gasteiger partial charge in [0.1, 0.15) is 22.7 Å². The SMILES string of the molecule is Cc1ncc(Cl)cc1S(=O)(=O)Nc1ccc(F)c(-c2ccc3c(-c4ncc[nH]4)ncn3c2F)c1F. The van der Waals surface area contributed by atoms with Gasteiger partial charge in [0.15, 0.2) is 11.6 Å². The van der Waals surface area contributed by atoms with Crippen LogP contribution in [0.1, 0.15) is 5.69 Å². The molecule has 0 unspecified atom stereocenters. The molecule has 4 heterocycles. The number of nitrogens with zero attached hydrogens (tertiary/aromatic N) is 4. The minimum absolute atomic E-state index is 0.0564. The van der Waals surface area contributed by atoms with Gasteiger partial charge in [0.05, 0.1) is 27.5 Å². The lowest BCUT2D eigenvalue weighted by Crippen LogP contribution is -2.16. The lowest BCUT2D eigenvalue weighted by molar-refractivity contribution is 0.558. The van der Waals surface area contributed by atoms with Crippen LogP contribution in [0, 0.1) is 24.5 Å². The molecular weight excluding hydrogens is 505 g/mol. The number of H-pyrrole nitrogens is 1. The maximum atomic E-state index is 15.4. The second-order valence-electron chi connectivity index (χ2n) is 7.45. The molecule has 0 bridgehead atoms. The summed E-state index contributed by atoms with van der Waals surface area (Å²) >= 11 is 5.85. The van der Waals surface area contributed by atoms with Crippen molar-refractivity contribution in [1.82, 2.24) is 24.3 Å². The third-order valence-corrected chi connectivity index (χ3v) is 6.96. The molecule has 0 saturated heterocycles. The molecule has 0 aliphatic heterocycles. The van der Waals surface area contributed by atoms with Crippen LogP contribution in [0.4, 0.5) is 18.9 Å². The van der Waals surface area contributed by atoms with Crippen LogP contribution < -0.4 is 4.72 Å². The number of rotatable bonds is 5. The molecule has 178 valence electrons. The highest BCUT2D eigenvalue weighted by Crippen LogP contribution is 2.35. The van der Waals surface area contributed by atoms with E-state index in [4.69, 9.17) is 11.6 Å². The normalized spacial score (nSPS) is 11.8. The molecule has 5 rings (SSSR count). The number of imidazole rings is 2. The van der Waals surface area contributed by atoms with Crippen LogP contribution in [0.3, 0.4) is 0 Å². The Morgan fingerprint density at radius 1 is 1.09 bits per heavy atom. The van der Waals surface area contributed by atoms with E-state index >= 15 is 8.78 Å². The van der Waals surface area contributed by atoms with E-state index in [0.717, 1.165) is 28.9 Å². The zero-order chi connectivity index (χ0) is 24.9. The van der Waals surface area contributed by atoms with Crippen molar-refractivity contribution in [1.29, 1.82) is 0 Å². The highest BCUT2D eigenvalue weighted by atomic mass is 35.5. The van der Waals surface area contributed by atoms with Crippen molar-refractivity contribution >= 4 is 32.8 Å². The zero-order valence-corrected chi connectivity index (χ0v) is 19.3. The van der Waals surface area contributed by atoms with Crippen molar-refractivity contribution in [2.45, 2.75) is 11.8 Å². The molecular formula is C22H14ClF3N6O2S. The van der Waals surface area contributed by atoms with Gasteiger partial charge in [-0.25, -0.2) is 27.2 Å². The molecule has 0 fully saturated rings. The fraction of sp³-hybridized carbons (Fsp3) is 0.0455. The summed E-state index contributed by atoms with van der Waals surface area (Å²) in [7, 11) is -4.35. The number of aryl methyl sites for hydroxylation is 1. The largest absolute Gasteiger partial charge is 0.343 e. The van der Waals surface area contributed by atoms with E-state index in [1.165, 1.54) is 31.5 Å². The molecule has 0 radical (unpaired) electrons. The number of anilines is 1. The molecule has 0 atom stereocenters. The van der Waals surface area contributed by atoms with Gasteiger partial charge in [-0.3, -0.25) is 14.1 Å². The summed E-state index contributed by atoms with van der Waals surface area (Å²) in [6.07, 6.45) is 5.50. The summed E-state index contributed by atoms with van der Waals surface area (Å²) in [5.41, 5.74) is -0.997. The smallest absolute Gasteiger partial charge is 0.263 e. The van der Waals surface area contributed by atoms with Gasteiger partial charge in [0.25, 0.3) is 10.0 Å². The van der Waals surface area contributed by atoms with Crippen LogP contribution in [0.25, 0.3) is 28.2 Å². The van der Waals surface area contributed by atoms with Crippen molar-refractivity contribution in [3.05, 3.63) is 83.5 Å². The number of hydrogen-bond donors (Lipinski definition) is 2. The molecule has 0 spiro atoms. The Hall–Kier alpha value is -3.90. The quantitative estimate of drug-likeness (QED) is 0.320. The van der Waals surface area contributed by atoms with Gasteiger partial charge in [-0.2, -0.15) is 4.39 Å². The highest BCUT2D eigenvalue weighted by molar-refractivity contribution is 7.92. The van der Waals surface area contributed by atoms with Crippen molar-refractivity contribution in [3.8, 4) is 22.6 Å². The molecule has 35 heavy (non-hydrogen) atoms. The Morgan fingerprint density at radius 3 is 2.63 bits per heavy atom. The molecule has 0 saturated carbocycles. The molecule has 8 nitrogen and oxygen atoms in total. The van der Waals surface area contributed by atoms with Gasteiger partial charge in [0.2, 0.25) is 5.95 Å². The third kappa shape index (κ3) is 3.90. The predicted octanol–water partition coefficient (Wildman–Crippen LogP) is 4.97. The average Bonchev–Trinajstić information content (AvgIpc) is 3.49. The van der Waals surface area contributed by atoms with E-state index in [2.05, 4.69) is 24.7 Å². The molecule has 13 heteroatoms. The molecule has 1 aromatic carbocycles. The molecule has 4 aromatic heterocycles. The van der Waals surface area contributed by atoms with Gasteiger partial charge < -0.3 is 4.98 Å². The maximum absolute atomic E-state index is 15.4. The molecule has 5 aromatic rings. The van der Waals surface area contributed by atoms with E-state index in [1.807, 2.05) is 0 Å². The van der Waals surface area contributed by atoms with Crippen LogP contribution in [-0.4, -0.2) is 32.8 Å². The number of benzene rings is 1. The van der Waals surface area contributed by atoms with Gasteiger partial charge in [-0.15, -0.1) is 0 Å². The van der Waals surface area contributed by atoms with E-state index in [-0.39, 0.29) is 15.6 Å². The van der Waals surface area contributed by atoms with Crippen LogP contribution in [0.5, 0.6) is 0 Å².